The van der Waals surface area contributed by atoms with Crippen LogP contribution < -0.4 is 10.5 Å². The quantitative estimate of drug-likeness (QED) is 0.498. The van der Waals surface area contributed by atoms with Gasteiger partial charge in [0.25, 0.3) is 0 Å². The largest absolute Gasteiger partial charge is 0.503 e. The Morgan fingerprint density at radius 1 is 1.57 bits per heavy atom. The number of carboxylic acid groups (broad SMARTS) is 1. The summed E-state index contributed by atoms with van der Waals surface area (Å²) in [6.45, 7) is 1.95. The highest BCUT2D eigenvalue weighted by Crippen LogP contribution is 2.35. The molecule has 0 bridgehead atoms. The molecule has 0 radical (unpaired) electrons. The second-order valence-electron chi connectivity index (χ2n) is 2.62. The number of carboxylic acids is 1. The summed E-state index contributed by atoms with van der Waals surface area (Å²) < 4.78 is 5.00. The second-order valence-corrected chi connectivity index (χ2v) is 2.62. The van der Waals surface area contributed by atoms with E-state index >= 15 is 0 Å². The van der Waals surface area contributed by atoms with Crippen LogP contribution in [0.3, 0.4) is 0 Å². The standard InChI is InChI=1S/C9H11NO4/c1-2-14-8-5(9(12)13)3-4-6(10)7(8)11/h3-4,11H,2,10H2,1H3,(H,12,13). The summed E-state index contributed by atoms with van der Waals surface area (Å²) in [5.74, 6) is -1.57. The predicted octanol–water partition coefficient (Wildman–Crippen LogP) is 1.07. The zero-order valence-electron chi connectivity index (χ0n) is 7.65. The Morgan fingerprint density at radius 3 is 2.71 bits per heavy atom. The highest BCUT2D eigenvalue weighted by Gasteiger charge is 2.17. The molecule has 14 heavy (non-hydrogen) atoms. The SMILES string of the molecule is CCOc1c(C(=O)O)ccc(N)c1O. The Kier molecular flexibility index (Phi) is 2.81. The number of benzene rings is 1. The van der Waals surface area contributed by atoms with Gasteiger partial charge in [0.1, 0.15) is 5.56 Å². The van der Waals surface area contributed by atoms with Crippen LogP contribution in [0.5, 0.6) is 11.5 Å². The molecule has 4 N–H and O–H groups in total. The van der Waals surface area contributed by atoms with Crippen LogP contribution in [-0.4, -0.2) is 22.8 Å². The lowest BCUT2D eigenvalue weighted by atomic mass is 10.1. The molecule has 0 aliphatic rings. The van der Waals surface area contributed by atoms with E-state index in [1.54, 1.807) is 6.92 Å². The molecule has 1 aromatic carbocycles. The van der Waals surface area contributed by atoms with E-state index in [-0.39, 0.29) is 29.4 Å². The van der Waals surface area contributed by atoms with Gasteiger partial charge in [0.2, 0.25) is 0 Å². The number of ether oxygens (including phenoxy) is 1. The number of phenolic OH excluding ortho intramolecular Hbond substituents is 1. The van der Waals surface area contributed by atoms with Gasteiger partial charge in [0.15, 0.2) is 11.5 Å². The summed E-state index contributed by atoms with van der Waals surface area (Å²) in [5, 5.41) is 18.2. The molecule has 0 atom stereocenters. The molecule has 1 rings (SSSR count). The van der Waals surface area contributed by atoms with E-state index in [1.807, 2.05) is 0 Å². The van der Waals surface area contributed by atoms with Gasteiger partial charge < -0.3 is 20.7 Å². The lowest BCUT2D eigenvalue weighted by Crippen LogP contribution is -2.04. The zero-order chi connectivity index (χ0) is 10.7. The molecule has 5 nitrogen and oxygen atoms in total. The van der Waals surface area contributed by atoms with E-state index in [4.69, 9.17) is 15.6 Å². The van der Waals surface area contributed by atoms with Gasteiger partial charge in [-0.15, -0.1) is 0 Å². The summed E-state index contributed by atoms with van der Waals surface area (Å²) in [7, 11) is 0. The molecule has 0 unspecified atom stereocenters. The Hall–Kier alpha value is -1.91. The van der Waals surface area contributed by atoms with Crippen molar-refractivity contribution in [1.82, 2.24) is 0 Å². The summed E-state index contributed by atoms with van der Waals surface area (Å²) in [5.41, 5.74) is 5.39. The third-order valence-corrected chi connectivity index (χ3v) is 1.68. The molecule has 0 heterocycles. The van der Waals surface area contributed by atoms with Crippen LogP contribution in [-0.2, 0) is 0 Å². The first kappa shape index (κ1) is 10.2. The van der Waals surface area contributed by atoms with Crippen molar-refractivity contribution in [2.24, 2.45) is 0 Å². The van der Waals surface area contributed by atoms with Crippen LogP contribution in [0.1, 0.15) is 17.3 Å². The number of nitrogen functional groups attached to an aromatic ring is 1. The lowest BCUT2D eigenvalue weighted by molar-refractivity contribution is 0.0691. The summed E-state index contributed by atoms with van der Waals surface area (Å²) in [4.78, 5) is 10.7. The van der Waals surface area contributed by atoms with Gasteiger partial charge in [-0.25, -0.2) is 4.79 Å². The third-order valence-electron chi connectivity index (χ3n) is 1.68. The molecule has 0 aliphatic heterocycles. The molecule has 0 saturated heterocycles. The minimum Gasteiger partial charge on any atom is -0.503 e. The van der Waals surface area contributed by atoms with Crippen molar-refractivity contribution in [3.8, 4) is 11.5 Å². The number of anilines is 1. The van der Waals surface area contributed by atoms with E-state index in [2.05, 4.69) is 0 Å². The van der Waals surface area contributed by atoms with Gasteiger partial charge in [-0.1, -0.05) is 0 Å². The monoisotopic (exact) mass is 197 g/mol. The van der Waals surface area contributed by atoms with E-state index in [9.17, 15) is 9.90 Å². The molecule has 76 valence electrons. The molecule has 1 aromatic rings. The van der Waals surface area contributed by atoms with Crippen molar-refractivity contribution in [1.29, 1.82) is 0 Å². The molecule has 0 aliphatic carbocycles. The molecular weight excluding hydrogens is 186 g/mol. The van der Waals surface area contributed by atoms with Crippen molar-refractivity contribution >= 4 is 11.7 Å². The lowest BCUT2D eigenvalue weighted by Gasteiger charge is -2.10. The summed E-state index contributed by atoms with van der Waals surface area (Å²) in [6.07, 6.45) is 0. The number of phenols is 1. The normalized spacial score (nSPS) is 9.79. The number of rotatable bonds is 3. The maximum atomic E-state index is 10.7. The van der Waals surface area contributed by atoms with Crippen molar-refractivity contribution < 1.29 is 19.7 Å². The Labute approximate surface area is 80.7 Å². The highest BCUT2D eigenvalue weighted by molar-refractivity contribution is 5.93. The van der Waals surface area contributed by atoms with Gasteiger partial charge in [-0.3, -0.25) is 0 Å². The van der Waals surface area contributed by atoms with Gasteiger partial charge in [0.05, 0.1) is 12.3 Å². The topological polar surface area (TPSA) is 92.8 Å². The maximum Gasteiger partial charge on any atom is 0.339 e. The minimum atomic E-state index is -1.16. The van der Waals surface area contributed by atoms with Gasteiger partial charge in [-0.2, -0.15) is 0 Å². The van der Waals surface area contributed by atoms with Crippen molar-refractivity contribution in [2.75, 3.05) is 12.3 Å². The van der Waals surface area contributed by atoms with Crippen molar-refractivity contribution in [3.05, 3.63) is 17.7 Å². The Morgan fingerprint density at radius 2 is 2.21 bits per heavy atom. The van der Waals surface area contributed by atoms with Crippen LogP contribution >= 0.6 is 0 Å². The van der Waals surface area contributed by atoms with Gasteiger partial charge in [0, 0.05) is 0 Å². The molecule has 0 fully saturated rings. The van der Waals surface area contributed by atoms with Crippen LogP contribution in [0, 0.1) is 0 Å². The first-order valence-corrected chi connectivity index (χ1v) is 4.05. The molecule has 0 spiro atoms. The number of carbonyl (C=O) groups is 1. The fourth-order valence-corrected chi connectivity index (χ4v) is 1.05. The smallest absolute Gasteiger partial charge is 0.339 e. The first-order valence-electron chi connectivity index (χ1n) is 4.05. The number of hydrogen-bond acceptors (Lipinski definition) is 4. The fourth-order valence-electron chi connectivity index (χ4n) is 1.05. The number of nitrogens with two attached hydrogens (primary N) is 1. The van der Waals surface area contributed by atoms with E-state index < -0.39 is 5.97 Å². The zero-order valence-corrected chi connectivity index (χ0v) is 7.65. The highest BCUT2D eigenvalue weighted by atomic mass is 16.5. The average molecular weight is 197 g/mol. The van der Waals surface area contributed by atoms with Crippen LogP contribution in [0.2, 0.25) is 0 Å². The Balaban J connectivity index is 3.29. The molecular formula is C9H11NO4. The van der Waals surface area contributed by atoms with Crippen LogP contribution in [0.15, 0.2) is 12.1 Å². The maximum absolute atomic E-state index is 10.7. The van der Waals surface area contributed by atoms with Gasteiger partial charge >= 0.3 is 5.97 Å². The third kappa shape index (κ3) is 1.71. The number of aromatic hydroxyl groups is 1. The van der Waals surface area contributed by atoms with E-state index in [0.29, 0.717) is 0 Å². The molecule has 5 heteroatoms. The number of aromatic carboxylic acids is 1. The summed E-state index contributed by atoms with van der Waals surface area (Å²) >= 11 is 0. The second kappa shape index (κ2) is 3.87. The van der Waals surface area contributed by atoms with E-state index in [0.717, 1.165) is 0 Å². The molecule has 0 saturated carbocycles. The van der Waals surface area contributed by atoms with Crippen molar-refractivity contribution in [2.45, 2.75) is 6.92 Å². The molecule has 0 aromatic heterocycles. The van der Waals surface area contributed by atoms with Crippen LogP contribution in [0.4, 0.5) is 5.69 Å². The van der Waals surface area contributed by atoms with Crippen LogP contribution in [0.25, 0.3) is 0 Å². The van der Waals surface area contributed by atoms with Gasteiger partial charge in [-0.05, 0) is 19.1 Å². The predicted molar refractivity (Wildman–Crippen MR) is 50.6 cm³/mol. The minimum absolute atomic E-state index is 0.0833. The van der Waals surface area contributed by atoms with E-state index in [1.165, 1.54) is 12.1 Å². The Bertz CT molecular complexity index is 362. The van der Waals surface area contributed by atoms with Crippen molar-refractivity contribution in [3.63, 3.8) is 0 Å². The average Bonchev–Trinajstić information content (AvgIpc) is 2.13. The summed E-state index contributed by atoms with van der Waals surface area (Å²) in [6, 6.07) is 2.61. The fraction of sp³-hybridized carbons (Fsp3) is 0.222. The first-order chi connectivity index (χ1) is 6.57. The molecule has 0 amide bonds. The number of hydrogen-bond donors (Lipinski definition) is 3.